The van der Waals surface area contributed by atoms with Crippen LogP contribution < -0.4 is 5.32 Å². The van der Waals surface area contributed by atoms with Gasteiger partial charge in [0.2, 0.25) is 5.65 Å². The van der Waals surface area contributed by atoms with Gasteiger partial charge in [-0.05, 0) is 49.1 Å². The molecule has 24 heavy (non-hydrogen) atoms. The highest BCUT2D eigenvalue weighted by molar-refractivity contribution is 5.85. The van der Waals surface area contributed by atoms with Crippen LogP contribution >= 0.6 is 0 Å². The molecule has 1 N–H and O–H groups in total. The van der Waals surface area contributed by atoms with Crippen molar-refractivity contribution in [2.75, 3.05) is 5.32 Å². The molecular formula is C19H19N5. The second-order valence-electron chi connectivity index (χ2n) is 6.06. The molecule has 0 bridgehead atoms. The molecule has 0 aliphatic rings. The summed E-state index contributed by atoms with van der Waals surface area (Å²) in [5.41, 5.74) is 7.41. The van der Waals surface area contributed by atoms with Crippen molar-refractivity contribution < 1.29 is 0 Å². The lowest BCUT2D eigenvalue weighted by Crippen LogP contribution is -2.03. The Hall–Kier alpha value is -2.95. The molecule has 0 spiro atoms. The highest BCUT2D eigenvalue weighted by atomic mass is 15.3. The molecule has 2 aromatic carbocycles. The molecule has 0 aliphatic carbocycles. The average molecular weight is 317 g/mol. The van der Waals surface area contributed by atoms with Crippen molar-refractivity contribution in [3.63, 3.8) is 0 Å². The van der Waals surface area contributed by atoms with E-state index in [1.165, 1.54) is 16.7 Å². The van der Waals surface area contributed by atoms with Crippen LogP contribution in [0.4, 0.5) is 11.5 Å². The molecule has 5 nitrogen and oxygen atoms in total. The van der Waals surface area contributed by atoms with Crippen LogP contribution in [0.2, 0.25) is 0 Å². The van der Waals surface area contributed by atoms with Crippen molar-refractivity contribution in [1.82, 2.24) is 19.6 Å². The van der Waals surface area contributed by atoms with E-state index in [4.69, 9.17) is 4.98 Å². The van der Waals surface area contributed by atoms with Gasteiger partial charge in [0.15, 0.2) is 5.82 Å². The van der Waals surface area contributed by atoms with Gasteiger partial charge in [-0.25, -0.2) is 4.98 Å². The maximum absolute atomic E-state index is 4.79. The lowest BCUT2D eigenvalue weighted by Gasteiger charge is -2.14. The minimum atomic E-state index is 0.729. The van der Waals surface area contributed by atoms with Crippen LogP contribution in [-0.2, 0) is 6.42 Å². The van der Waals surface area contributed by atoms with Crippen LogP contribution in [0.3, 0.4) is 0 Å². The van der Waals surface area contributed by atoms with Crippen LogP contribution in [0.1, 0.15) is 23.6 Å². The summed E-state index contributed by atoms with van der Waals surface area (Å²) in [6.07, 6.45) is 2.70. The Morgan fingerprint density at radius 1 is 1.12 bits per heavy atom. The van der Waals surface area contributed by atoms with Gasteiger partial charge < -0.3 is 5.32 Å². The van der Waals surface area contributed by atoms with Gasteiger partial charge in [-0.1, -0.05) is 31.2 Å². The molecule has 0 radical (unpaired) electrons. The standard InChI is InChI=1S/C19H19N5/c1-4-14-7-5-6-13(3)17(14)22-18-19-23-20-11-24(19)16-10-12(2)8-9-15(16)21-18/h5-11H,4H2,1-3H3,(H,21,22). The number of aryl methyl sites for hydroxylation is 3. The van der Waals surface area contributed by atoms with E-state index in [1.54, 1.807) is 6.33 Å². The third-order valence-corrected chi connectivity index (χ3v) is 4.37. The zero-order valence-corrected chi connectivity index (χ0v) is 14.0. The number of para-hydroxylation sites is 1. The van der Waals surface area contributed by atoms with Gasteiger partial charge in [-0.15, -0.1) is 10.2 Å². The van der Waals surface area contributed by atoms with Gasteiger partial charge in [0.25, 0.3) is 0 Å². The Balaban J connectivity index is 1.94. The Labute approximate surface area is 140 Å². The Bertz CT molecular complexity index is 1050. The fourth-order valence-corrected chi connectivity index (χ4v) is 3.07. The molecule has 5 heteroatoms. The first-order chi connectivity index (χ1) is 11.7. The molecule has 0 saturated heterocycles. The second-order valence-corrected chi connectivity index (χ2v) is 6.06. The number of anilines is 2. The SMILES string of the molecule is CCc1cccc(C)c1Nc1nc2ccc(C)cc2n2cnnc12. The summed E-state index contributed by atoms with van der Waals surface area (Å²) in [6.45, 7) is 6.33. The largest absolute Gasteiger partial charge is 0.337 e. The van der Waals surface area contributed by atoms with E-state index in [0.29, 0.717) is 0 Å². The number of nitrogens with one attached hydrogen (secondary N) is 1. The molecular weight excluding hydrogens is 298 g/mol. The Morgan fingerprint density at radius 3 is 2.83 bits per heavy atom. The number of fused-ring (bicyclic) bond motifs is 3. The highest BCUT2D eigenvalue weighted by Crippen LogP contribution is 2.28. The van der Waals surface area contributed by atoms with Gasteiger partial charge in [0.1, 0.15) is 6.33 Å². The third kappa shape index (κ3) is 2.29. The van der Waals surface area contributed by atoms with Crippen LogP contribution in [-0.4, -0.2) is 19.6 Å². The van der Waals surface area contributed by atoms with E-state index in [-0.39, 0.29) is 0 Å². The Kier molecular flexibility index (Phi) is 3.41. The van der Waals surface area contributed by atoms with Crippen LogP contribution in [0.15, 0.2) is 42.7 Å². The zero-order chi connectivity index (χ0) is 16.7. The van der Waals surface area contributed by atoms with Crippen molar-refractivity contribution in [2.24, 2.45) is 0 Å². The molecule has 0 amide bonds. The monoisotopic (exact) mass is 317 g/mol. The maximum Gasteiger partial charge on any atom is 0.204 e. The van der Waals surface area contributed by atoms with E-state index < -0.39 is 0 Å². The first-order valence-corrected chi connectivity index (χ1v) is 8.13. The van der Waals surface area contributed by atoms with Crippen molar-refractivity contribution in [3.05, 3.63) is 59.4 Å². The van der Waals surface area contributed by atoms with Crippen LogP contribution in [0.25, 0.3) is 16.7 Å². The van der Waals surface area contributed by atoms with E-state index in [1.807, 2.05) is 10.5 Å². The molecule has 0 fully saturated rings. The molecule has 2 heterocycles. The summed E-state index contributed by atoms with van der Waals surface area (Å²) in [5, 5.41) is 11.8. The Morgan fingerprint density at radius 2 is 2.00 bits per heavy atom. The maximum atomic E-state index is 4.79. The molecule has 120 valence electrons. The topological polar surface area (TPSA) is 55.1 Å². The minimum absolute atomic E-state index is 0.729. The van der Waals surface area contributed by atoms with E-state index in [9.17, 15) is 0 Å². The van der Waals surface area contributed by atoms with Crippen LogP contribution in [0, 0.1) is 13.8 Å². The smallest absolute Gasteiger partial charge is 0.204 e. The zero-order valence-electron chi connectivity index (χ0n) is 14.0. The number of rotatable bonds is 3. The van der Waals surface area contributed by atoms with E-state index >= 15 is 0 Å². The summed E-state index contributed by atoms with van der Waals surface area (Å²) < 4.78 is 1.99. The summed E-state index contributed by atoms with van der Waals surface area (Å²) in [5.74, 6) is 0.729. The van der Waals surface area contributed by atoms with Gasteiger partial charge >= 0.3 is 0 Å². The summed E-state index contributed by atoms with van der Waals surface area (Å²) >= 11 is 0. The first kappa shape index (κ1) is 14.6. The van der Waals surface area contributed by atoms with Crippen molar-refractivity contribution in [3.8, 4) is 0 Å². The molecule has 4 rings (SSSR count). The predicted octanol–water partition coefficient (Wildman–Crippen LogP) is 4.20. The molecule has 4 aromatic rings. The predicted molar refractivity (Wildman–Crippen MR) is 96.9 cm³/mol. The normalized spacial score (nSPS) is 11.3. The third-order valence-electron chi connectivity index (χ3n) is 4.37. The van der Waals surface area contributed by atoms with Crippen LogP contribution in [0.5, 0.6) is 0 Å². The average Bonchev–Trinajstić information content (AvgIpc) is 3.07. The first-order valence-electron chi connectivity index (χ1n) is 8.13. The fourth-order valence-electron chi connectivity index (χ4n) is 3.07. The van der Waals surface area contributed by atoms with Crippen molar-refractivity contribution in [1.29, 1.82) is 0 Å². The number of hydrogen-bond donors (Lipinski definition) is 1. The van der Waals surface area contributed by atoms with E-state index in [0.717, 1.165) is 34.6 Å². The second kappa shape index (κ2) is 5.60. The molecule has 2 aromatic heterocycles. The summed E-state index contributed by atoms with van der Waals surface area (Å²) in [7, 11) is 0. The number of aromatic nitrogens is 4. The number of benzene rings is 2. The number of hydrogen-bond acceptors (Lipinski definition) is 4. The van der Waals surface area contributed by atoms with Gasteiger partial charge in [0.05, 0.1) is 11.0 Å². The highest BCUT2D eigenvalue weighted by Gasteiger charge is 2.13. The van der Waals surface area contributed by atoms with Gasteiger partial charge in [0, 0.05) is 5.69 Å². The summed E-state index contributed by atoms with van der Waals surface area (Å²) in [4.78, 5) is 4.79. The molecule has 0 atom stereocenters. The molecule has 0 unspecified atom stereocenters. The number of nitrogens with zero attached hydrogens (tertiary/aromatic N) is 4. The summed E-state index contributed by atoms with van der Waals surface area (Å²) in [6, 6.07) is 12.5. The van der Waals surface area contributed by atoms with Crippen molar-refractivity contribution >= 4 is 28.2 Å². The minimum Gasteiger partial charge on any atom is -0.337 e. The molecule has 0 aliphatic heterocycles. The lowest BCUT2D eigenvalue weighted by atomic mass is 10.1. The van der Waals surface area contributed by atoms with Crippen molar-refractivity contribution in [2.45, 2.75) is 27.2 Å². The van der Waals surface area contributed by atoms with Gasteiger partial charge in [-0.2, -0.15) is 0 Å². The lowest BCUT2D eigenvalue weighted by molar-refractivity contribution is 1.11. The van der Waals surface area contributed by atoms with E-state index in [2.05, 4.69) is 66.6 Å². The fraction of sp³-hybridized carbons (Fsp3) is 0.211. The molecule has 0 saturated carbocycles. The van der Waals surface area contributed by atoms with Gasteiger partial charge in [-0.3, -0.25) is 4.40 Å². The quantitative estimate of drug-likeness (QED) is 0.615.